The molecule has 0 aliphatic carbocycles. The molecular weight excluding hydrogens is 264 g/mol. The topological polar surface area (TPSA) is 80.5 Å². The van der Waals surface area contributed by atoms with E-state index in [1.807, 2.05) is 11.8 Å². The Balaban J connectivity index is 1.89. The number of rotatable bonds is 5. The van der Waals surface area contributed by atoms with Crippen LogP contribution < -0.4 is 15.8 Å². The van der Waals surface area contributed by atoms with Crippen molar-refractivity contribution in [3.8, 4) is 5.75 Å². The second kappa shape index (κ2) is 6.60. The molecule has 1 fully saturated rings. The number of hydrogen-bond acceptors (Lipinski definition) is 6. The molecule has 2 rings (SSSR count). The summed E-state index contributed by atoms with van der Waals surface area (Å²) >= 11 is 1.22. The van der Waals surface area contributed by atoms with E-state index in [2.05, 4.69) is 9.69 Å². The van der Waals surface area contributed by atoms with E-state index in [1.54, 1.807) is 0 Å². The number of ether oxygens (including phenoxy) is 1. The maximum Gasteiger partial charge on any atom is 0.241 e. The molecule has 1 amide bonds. The number of aromatic nitrogens is 1. The predicted octanol–water partition coefficient (Wildman–Crippen LogP) is 1.55. The number of carbonyl (C=O) groups excluding carboxylic acids is 1. The Hall–Kier alpha value is -1.50. The van der Waals surface area contributed by atoms with Gasteiger partial charge in [0.1, 0.15) is 0 Å². The van der Waals surface area contributed by atoms with Crippen LogP contribution in [0.5, 0.6) is 5.75 Å². The fourth-order valence-electron chi connectivity index (χ4n) is 2.10. The third-order valence-electron chi connectivity index (χ3n) is 3.07. The lowest BCUT2D eigenvalue weighted by Gasteiger charge is -2.26. The molecule has 1 aliphatic heterocycles. The van der Waals surface area contributed by atoms with Crippen LogP contribution in [0.4, 0.5) is 10.8 Å². The molecule has 0 spiro atoms. The summed E-state index contributed by atoms with van der Waals surface area (Å²) in [6.07, 6.45) is 3.42. The average molecular weight is 284 g/mol. The zero-order chi connectivity index (χ0) is 13.7. The standard InChI is InChI=1S/C12H20N4O2S/c1-2-18-10-11(13)15-19-12(10)14-8-9(17)16-6-4-3-5-7-16/h14H,2-8H2,1H3,(H2,13,15). The summed E-state index contributed by atoms with van der Waals surface area (Å²) in [5, 5.41) is 3.80. The van der Waals surface area contributed by atoms with Crippen molar-refractivity contribution in [2.24, 2.45) is 0 Å². The quantitative estimate of drug-likeness (QED) is 0.857. The van der Waals surface area contributed by atoms with Crippen molar-refractivity contribution in [2.75, 3.05) is 37.3 Å². The van der Waals surface area contributed by atoms with Crippen LogP contribution >= 0.6 is 11.5 Å². The first-order valence-corrected chi connectivity index (χ1v) is 7.39. The fraction of sp³-hybridized carbons (Fsp3) is 0.667. The molecule has 7 heteroatoms. The summed E-state index contributed by atoms with van der Waals surface area (Å²) in [4.78, 5) is 13.9. The number of anilines is 2. The summed E-state index contributed by atoms with van der Waals surface area (Å²) < 4.78 is 9.45. The van der Waals surface area contributed by atoms with Crippen LogP contribution in [0, 0.1) is 0 Å². The Labute approximate surface area is 117 Å². The molecule has 0 unspecified atom stereocenters. The smallest absolute Gasteiger partial charge is 0.241 e. The number of hydrogen-bond donors (Lipinski definition) is 2. The van der Waals surface area contributed by atoms with Crippen molar-refractivity contribution >= 4 is 28.3 Å². The van der Waals surface area contributed by atoms with Gasteiger partial charge in [0.05, 0.1) is 13.2 Å². The Morgan fingerprint density at radius 1 is 1.47 bits per heavy atom. The third-order valence-corrected chi connectivity index (χ3v) is 3.87. The molecule has 0 saturated carbocycles. The number of piperidine rings is 1. The largest absolute Gasteiger partial charge is 0.487 e. The number of nitrogens with one attached hydrogen (secondary N) is 1. The first kappa shape index (κ1) is 13.9. The molecule has 2 heterocycles. The van der Waals surface area contributed by atoms with E-state index in [0.29, 0.717) is 18.2 Å². The van der Waals surface area contributed by atoms with Gasteiger partial charge in [0.25, 0.3) is 0 Å². The van der Waals surface area contributed by atoms with Gasteiger partial charge in [0.15, 0.2) is 16.6 Å². The maximum absolute atomic E-state index is 12.0. The zero-order valence-electron chi connectivity index (χ0n) is 11.1. The van der Waals surface area contributed by atoms with Gasteiger partial charge in [0.2, 0.25) is 5.91 Å². The van der Waals surface area contributed by atoms with E-state index in [-0.39, 0.29) is 12.5 Å². The number of nitrogen functional groups attached to an aromatic ring is 1. The highest BCUT2D eigenvalue weighted by Gasteiger charge is 2.18. The molecule has 6 nitrogen and oxygen atoms in total. The van der Waals surface area contributed by atoms with Gasteiger partial charge in [-0.25, -0.2) is 0 Å². The Morgan fingerprint density at radius 3 is 2.89 bits per heavy atom. The van der Waals surface area contributed by atoms with E-state index < -0.39 is 0 Å². The lowest BCUT2D eigenvalue weighted by molar-refractivity contribution is -0.130. The number of amides is 1. The Kier molecular flexibility index (Phi) is 4.84. The first-order chi connectivity index (χ1) is 9.22. The predicted molar refractivity (Wildman–Crippen MR) is 76.6 cm³/mol. The molecule has 3 N–H and O–H groups in total. The van der Waals surface area contributed by atoms with Crippen LogP contribution in [0.15, 0.2) is 0 Å². The summed E-state index contributed by atoms with van der Waals surface area (Å²) in [6, 6.07) is 0. The van der Waals surface area contributed by atoms with E-state index >= 15 is 0 Å². The van der Waals surface area contributed by atoms with Gasteiger partial charge in [-0.15, -0.1) is 0 Å². The number of nitrogens with two attached hydrogens (primary N) is 1. The summed E-state index contributed by atoms with van der Waals surface area (Å²) in [7, 11) is 0. The normalized spacial score (nSPS) is 15.3. The molecule has 0 radical (unpaired) electrons. The molecule has 1 aromatic rings. The number of carbonyl (C=O) groups is 1. The SMILES string of the molecule is CCOc1c(N)nsc1NCC(=O)N1CCCCC1. The van der Waals surface area contributed by atoms with Crippen molar-refractivity contribution in [1.82, 2.24) is 9.27 Å². The van der Waals surface area contributed by atoms with Gasteiger partial charge in [-0.2, -0.15) is 4.37 Å². The lowest BCUT2D eigenvalue weighted by atomic mass is 10.1. The van der Waals surface area contributed by atoms with Gasteiger partial charge in [-0.3, -0.25) is 4.79 Å². The second-order valence-electron chi connectivity index (χ2n) is 4.45. The number of nitrogens with zero attached hydrogens (tertiary/aromatic N) is 2. The van der Waals surface area contributed by atoms with Crippen molar-refractivity contribution < 1.29 is 9.53 Å². The number of likely N-dealkylation sites (tertiary alicyclic amines) is 1. The first-order valence-electron chi connectivity index (χ1n) is 6.62. The van der Waals surface area contributed by atoms with Crippen LogP contribution in [-0.2, 0) is 4.79 Å². The minimum Gasteiger partial charge on any atom is -0.487 e. The highest BCUT2D eigenvalue weighted by molar-refractivity contribution is 7.11. The van der Waals surface area contributed by atoms with E-state index in [1.165, 1.54) is 18.0 Å². The van der Waals surface area contributed by atoms with Crippen LogP contribution in [0.25, 0.3) is 0 Å². The molecular formula is C12H20N4O2S. The van der Waals surface area contributed by atoms with Gasteiger partial charge < -0.3 is 20.7 Å². The van der Waals surface area contributed by atoms with Crippen LogP contribution in [0.2, 0.25) is 0 Å². The molecule has 1 aromatic heterocycles. The van der Waals surface area contributed by atoms with Crippen molar-refractivity contribution in [1.29, 1.82) is 0 Å². The summed E-state index contributed by atoms with van der Waals surface area (Å²) in [5.41, 5.74) is 5.72. The highest BCUT2D eigenvalue weighted by atomic mass is 32.1. The average Bonchev–Trinajstić information content (AvgIpc) is 2.79. The molecule has 1 saturated heterocycles. The lowest BCUT2D eigenvalue weighted by Crippen LogP contribution is -2.39. The van der Waals surface area contributed by atoms with Crippen molar-refractivity contribution in [2.45, 2.75) is 26.2 Å². The zero-order valence-corrected chi connectivity index (χ0v) is 12.0. The molecule has 106 valence electrons. The second-order valence-corrected chi connectivity index (χ2v) is 5.23. The summed E-state index contributed by atoms with van der Waals surface area (Å²) in [5.74, 6) is 1.05. The minimum atomic E-state index is 0.120. The molecule has 19 heavy (non-hydrogen) atoms. The van der Waals surface area contributed by atoms with Crippen LogP contribution in [0.3, 0.4) is 0 Å². The molecule has 0 bridgehead atoms. The Morgan fingerprint density at radius 2 is 2.21 bits per heavy atom. The Bertz CT molecular complexity index is 429. The third kappa shape index (κ3) is 3.50. The summed E-state index contributed by atoms with van der Waals surface area (Å²) in [6.45, 7) is 4.41. The van der Waals surface area contributed by atoms with Crippen molar-refractivity contribution in [3.05, 3.63) is 0 Å². The van der Waals surface area contributed by atoms with Gasteiger partial charge in [-0.05, 0) is 37.7 Å². The van der Waals surface area contributed by atoms with Gasteiger partial charge >= 0.3 is 0 Å². The van der Waals surface area contributed by atoms with Gasteiger partial charge in [-0.1, -0.05) is 0 Å². The van der Waals surface area contributed by atoms with Crippen LogP contribution in [0.1, 0.15) is 26.2 Å². The van der Waals surface area contributed by atoms with E-state index in [0.717, 1.165) is 30.9 Å². The van der Waals surface area contributed by atoms with Crippen LogP contribution in [-0.4, -0.2) is 41.4 Å². The molecule has 0 aromatic carbocycles. The van der Waals surface area contributed by atoms with Gasteiger partial charge in [0, 0.05) is 13.1 Å². The van der Waals surface area contributed by atoms with E-state index in [9.17, 15) is 4.79 Å². The monoisotopic (exact) mass is 284 g/mol. The van der Waals surface area contributed by atoms with E-state index in [4.69, 9.17) is 10.5 Å². The maximum atomic E-state index is 12.0. The van der Waals surface area contributed by atoms with Crippen molar-refractivity contribution in [3.63, 3.8) is 0 Å². The highest BCUT2D eigenvalue weighted by Crippen LogP contribution is 2.34. The minimum absolute atomic E-state index is 0.120. The molecule has 0 atom stereocenters. The fourth-order valence-corrected chi connectivity index (χ4v) is 2.76. The molecule has 1 aliphatic rings.